The number of thioether (sulfide) groups is 1. The van der Waals surface area contributed by atoms with Gasteiger partial charge >= 0.3 is 0 Å². The number of nitrogens with one attached hydrogen (secondary N) is 1. The molecule has 0 fully saturated rings. The highest BCUT2D eigenvalue weighted by molar-refractivity contribution is 7.99. The van der Waals surface area contributed by atoms with Crippen molar-refractivity contribution < 1.29 is 4.79 Å². The molecule has 3 nitrogen and oxygen atoms in total. The molecule has 1 aromatic heterocycles. The molecule has 0 aliphatic rings. The van der Waals surface area contributed by atoms with Crippen molar-refractivity contribution in [3.05, 3.63) is 29.1 Å². The molecule has 19 heavy (non-hydrogen) atoms. The monoisotopic (exact) mass is 294 g/mol. The predicted octanol–water partition coefficient (Wildman–Crippen LogP) is 3.35. The smallest absolute Gasteiger partial charge is 0.261 e. The molecule has 102 valence electrons. The third-order valence-corrected chi connectivity index (χ3v) is 5.36. The summed E-state index contributed by atoms with van der Waals surface area (Å²) in [6, 6.07) is 7.61. The van der Waals surface area contributed by atoms with Crippen LogP contribution in [0.15, 0.2) is 24.3 Å². The quantitative estimate of drug-likeness (QED) is 0.850. The standard InChI is InChI=1S/C14H18N2OS2/c1-14(2,18-3)8-16-13(17)12-7-9-6-10(15)4-5-11(9)19-12/h4-7H,8,15H2,1-3H3,(H,16,17). The Hall–Kier alpha value is -1.20. The van der Waals surface area contributed by atoms with E-state index in [1.54, 1.807) is 11.8 Å². The maximum absolute atomic E-state index is 12.1. The summed E-state index contributed by atoms with van der Waals surface area (Å²) in [5.41, 5.74) is 6.47. The van der Waals surface area contributed by atoms with Crippen LogP contribution in [0.5, 0.6) is 0 Å². The summed E-state index contributed by atoms with van der Waals surface area (Å²) in [7, 11) is 0. The SMILES string of the molecule is CSC(C)(C)CNC(=O)c1cc2cc(N)ccc2s1. The van der Waals surface area contributed by atoms with Gasteiger partial charge in [0.2, 0.25) is 0 Å². The minimum atomic E-state index is -0.0121. The highest BCUT2D eigenvalue weighted by Crippen LogP contribution is 2.27. The molecule has 0 aliphatic heterocycles. The number of anilines is 1. The highest BCUT2D eigenvalue weighted by Gasteiger charge is 2.18. The zero-order valence-corrected chi connectivity index (χ0v) is 13.0. The van der Waals surface area contributed by atoms with Crippen molar-refractivity contribution in [1.29, 1.82) is 0 Å². The van der Waals surface area contributed by atoms with Crippen molar-refractivity contribution in [3.63, 3.8) is 0 Å². The molecule has 0 saturated heterocycles. The van der Waals surface area contributed by atoms with Crippen LogP contribution in [-0.2, 0) is 0 Å². The molecule has 0 unspecified atom stereocenters. The van der Waals surface area contributed by atoms with E-state index < -0.39 is 0 Å². The first-order valence-electron chi connectivity index (χ1n) is 6.04. The van der Waals surface area contributed by atoms with E-state index in [1.807, 2.05) is 30.5 Å². The molecular weight excluding hydrogens is 276 g/mol. The molecule has 1 amide bonds. The van der Waals surface area contributed by atoms with Gasteiger partial charge in [0.05, 0.1) is 4.88 Å². The van der Waals surface area contributed by atoms with E-state index in [0.717, 1.165) is 20.7 Å². The van der Waals surface area contributed by atoms with Crippen LogP contribution in [0.1, 0.15) is 23.5 Å². The van der Waals surface area contributed by atoms with Gasteiger partial charge in [-0.1, -0.05) is 0 Å². The molecule has 0 saturated carbocycles. The average molecular weight is 294 g/mol. The summed E-state index contributed by atoms with van der Waals surface area (Å²) in [6.07, 6.45) is 2.05. The molecule has 1 heterocycles. The molecule has 0 spiro atoms. The van der Waals surface area contributed by atoms with Gasteiger partial charge in [-0.2, -0.15) is 11.8 Å². The van der Waals surface area contributed by atoms with Crippen LogP contribution in [0.25, 0.3) is 10.1 Å². The first kappa shape index (κ1) is 14.2. The Labute approximate surface area is 121 Å². The third-order valence-electron chi connectivity index (χ3n) is 2.99. The van der Waals surface area contributed by atoms with Crippen LogP contribution < -0.4 is 11.1 Å². The van der Waals surface area contributed by atoms with Gasteiger partial charge in [0.25, 0.3) is 5.91 Å². The lowest BCUT2D eigenvalue weighted by Crippen LogP contribution is -2.35. The molecule has 0 bridgehead atoms. The predicted molar refractivity (Wildman–Crippen MR) is 86.2 cm³/mol. The lowest BCUT2D eigenvalue weighted by Gasteiger charge is -2.21. The highest BCUT2D eigenvalue weighted by atomic mass is 32.2. The zero-order chi connectivity index (χ0) is 14.0. The molecule has 0 radical (unpaired) electrons. The number of fused-ring (bicyclic) bond motifs is 1. The minimum Gasteiger partial charge on any atom is -0.399 e. The first-order chi connectivity index (χ1) is 8.91. The number of hydrogen-bond donors (Lipinski definition) is 2. The second-order valence-corrected chi connectivity index (χ2v) is 7.65. The third kappa shape index (κ3) is 3.42. The summed E-state index contributed by atoms with van der Waals surface area (Å²) >= 11 is 3.24. The van der Waals surface area contributed by atoms with Gasteiger partial charge in [-0.05, 0) is 49.8 Å². The lowest BCUT2D eigenvalue weighted by molar-refractivity contribution is 0.0955. The number of nitrogen functional groups attached to an aromatic ring is 1. The molecule has 0 aliphatic carbocycles. The van der Waals surface area contributed by atoms with Gasteiger partial charge in [-0.3, -0.25) is 4.79 Å². The summed E-state index contributed by atoms with van der Waals surface area (Å²) < 4.78 is 1.14. The van der Waals surface area contributed by atoms with Crippen molar-refractivity contribution in [1.82, 2.24) is 5.32 Å². The first-order valence-corrected chi connectivity index (χ1v) is 8.08. The topological polar surface area (TPSA) is 55.1 Å². The van der Waals surface area contributed by atoms with Crippen LogP contribution in [0.4, 0.5) is 5.69 Å². The number of nitrogens with two attached hydrogens (primary N) is 1. The number of hydrogen-bond acceptors (Lipinski definition) is 4. The molecule has 2 aromatic rings. The van der Waals surface area contributed by atoms with Crippen molar-refractivity contribution in [2.24, 2.45) is 0 Å². The average Bonchev–Trinajstić information content (AvgIpc) is 2.79. The summed E-state index contributed by atoms with van der Waals surface area (Å²) in [5.74, 6) is -0.0121. The van der Waals surface area contributed by atoms with E-state index in [0.29, 0.717) is 6.54 Å². The minimum absolute atomic E-state index is 0.0121. The van der Waals surface area contributed by atoms with Gasteiger partial charge in [0.15, 0.2) is 0 Å². The van der Waals surface area contributed by atoms with Crippen molar-refractivity contribution in [2.75, 3.05) is 18.5 Å². The normalized spacial score (nSPS) is 11.7. The Balaban J connectivity index is 2.13. The fraction of sp³-hybridized carbons (Fsp3) is 0.357. The van der Waals surface area contributed by atoms with Gasteiger partial charge in [-0.25, -0.2) is 0 Å². The number of thiophene rings is 1. The van der Waals surface area contributed by atoms with Crippen molar-refractivity contribution in [3.8, 4) is 0 Å². The van der Waals surface area contributed by atoms with Crippen LogP contribution in [0, 0.1) is 0 Å². The summed E-state index contributed by atoms with van der Waals surface area (Å²) in [4.78, 5) is 12.9. The Kier molecular flexibility index (Phi) is 4.06. The number of rotatable bonds is 4. The molecule has 5 heteroatoms. The van der Waals surface area contributed by atoms with Crippen molar-refractivity contribution >= 4 is 44.8 Å². The van der Waals surface area contributed by atoms with E-state index in [9.17, 15) is 4.79 Å². The maximum atomic E-state index is 12.1. The molecular formula is C14H18N2OS2. The lowest BCUT2D eigenvalue weighted by atomic mass is 10.2. The van der Waals surface area contributed by atoms with Crippen LogP contribution in [-0.4, -0.2) is 23.5 Å². The number of amides is 1. The molecule has 1 aromatic carbocycles. The second-order valence-electron chi connectivity index (χ2n) is 5.05. The van der Waals surface area contributed by atoms with Gasteiger partial charge in [0.1, 0.15) is 0 Å². The summed E-state index contributed by atoms with van der Waals surface area (Å²) in [6.45, 7) is 4.89. The number of carbonyl (C=O) groups excluding carboxylic acids is 1. The zero-order valence-electron chi connectivity index (χ0n) is 11.3. The van der Waals surface area contributed by atoms with Gasteiger partial charge < -0.3 is 11.1 Å². The van der Waals surface area contributed by atoms with Crippen LogP contribution >= 0.6 is 23.1 Å². The number of benzene rings is 1. The maximum Gasteiger partial charge on any atom is 0.261 e. The Morgan fingerprint density at radius 2 is 2.16 bits per heavy atom. The fourth-order valence-electron chi connectivity index (χ4n) is 1.63. The molecule has 3 N–H and O–H groups in total. The van der Waals surface area contributed by atoms with Gasteiger partial charge in [0, 0.05) is 21.7 Å². The Morgan fingerprint density at radius 3 is 2.84 bits per heavy atom. The number of carbonyl (C=O) groups is 1. The van der Waals surface area contributed by atoms with E-state index in [2.05, 4.69) is 19.2 Å². The molecule has 2 rings (SSSR count). The van der Waals surface area contributed by atoms with E-state index >= 15 is 0 Å². The Morgan fingerprint density at radius 1 is 1.42 bits per heavy atom. The Bertz CT molecular complexity index is 605. The largest absolute Gasteiger partial charge is 0.399 e. The molecule has 0 atom stereocenters. The van der Waals surface area contributed by atoms with E-state index in [-0.39, 0.29) is 10.7 Å². The van der Waals surface area contributed by atoms with Crippen LogP contribution in [0.2, 0.25) is 0 Å². The van der Waals surface area contributed by atoms with Crippen LogP contribution in [0.3, 0.4) is 0 Å². The van der Waals surface area contributed by atoms with Crippen molar-refractivity contribution in [2.45, 2.75) is 18.6 Å². The van der Waals surface area contributed by atoms with E-state index in [1.165, 1.54) is 11.3 Å². The summed E-state index contributed by atoms with van der Waals surface area (Å²) in [5, 5.41) is 4.01. The second kappa shape index (κ2) is 5.43. The van der Waals surface area contributed by atoms with E-state index in [4.69, 9.17) is 5.73 Å². The van der Waals surface area contributed by atoms with Gasteiger partial charge in [-0.15, -0.1) is 11.3 Å². The fourth-order valence-corrected chi connectivity index (χ4v) is 2.80.